The monoisotopic (exact) mass is 237 g/mol. The van der Waals surface area contributed by atoms with Crippen molar-refractivity contribution in [3.05, 3.63) is 59.5 Å². The topological polar surface area (TPSA) is 25.2 Å². The second kappa shape index (κ2) is 5.59. The third-order valence-corrected chi connectivity index (χ3v) is 2.44. The van der Waals surface area contributed by atoms with Gasteiger partial charge in [0.1, 0.15) is 5.76 Å². The van der Waals surface area contributed by atoms with E-state index in [-0.39, 0.29) is 5.56 Å². The van der Waals surface area contributed by atoms with Crippen LogP contribution in [0.15, 0.2) is 47.1 Å². The summed E-state index contributed by atoms with van der Waals surface area (Å²) in [6.07, 6.45) is -0.783. The summed E-state index contributed by atoms with van der Waals surface area (Å²) < 4.78 is 29.8. The van der Waals surface area contributed by atoms with Crippen molar-refractivity contribution in [1.29, 1.82) is 0 Å². The molecule has 0 atom stereocenters. The molecule has 4 heteroatoms. The highest BCUT2D eigenvalue weighted by Gasteiger charge is 2.05. The maximum atomic E-state index is 12.3. The van der Waals surface area contributed by atoms with Crippen LogP contribution in [0, 0.1) is 0 Å². The Morgan fingerprint density at radius 1 is 1.06 bits per heavy atom. The summed E-state index contributed by atoms with van der Waals surface area (Å²) in [6.45, 7) is 1.26. The molecule has 0 radical (unpaired) electrons. The van der Waals surface area contributed by atoms with Gasteiger partial charge < -0.3 is 9.73 Å². The van der Waals surface area contributed by atoms with Crippen molar-refractivity contribution >= 4 is 0 Å². The summed E-state index contributed by atoms with van der Waals surface area (Å²) in [6, 6.07) is 10.0. The van der Waals surface area contributed by atoms with Gasteiger partial charge in [0.15, 0.2) is 0 Å². The summed E-state index contributed by atoms with van der Waals surface area (Å²) in [4.78, 5) is 0. The van der Waals surface area contributed by atoms with Gasteiger partial charge in [-0.15, -0.1) is 0 Å². The van der Waals surface area contributed by atoms with Gasteiger partial charge in [-0.1, -0.05) is 24.3 Å². The van der Waals surface area contributed by atoms with Crippen molar-refractivity contribution in [2.45, 2.75) is 19.5 Å². The Morgan fingerprint density at radius 3 is 2.41 bits per heavy atom. The molecule has 0 aliphatic carbocycles. The Hall–Kier alpha value is -1.68. The van der Waals surface area contributed by atoms with Gasteiger partial charge in [0, 0.05) is 12.1 Å². The SMILES string of the molecule is FC(F)c1ccc(CNCc2ccco2)cc1. The van der Waals surface area contributed by atoms with E-state index in [0.717, 1.165) is 11.3 Å². The smallest absolute Gasteiger partial charge is 0.263 e. The summed E-state index contributed by atoms with van der Waals surface area (Å²) in [5.74, 6) is 0.856. The molecule has 1 heterocycles. The summed E-state index contributed by atoms with van der Waals surface area (Å²) in [7, 11) is 0. The van der Waals surface area contributed by atoms with Crippen molar-refractivity contribution in [3.63, 3.8) is 0 Å². The molecule has 0 amide bonds. The molecule has 0 unspecified atom stereocenters. The van der Waals surface area contributed by atoms with Crippen LogP contribution in [-0.4, -0.2) is 0 Å². The van der Waals surface area contributed by atoms with E-state index in [2.05, 4.69) is 5.32 Å². The van der Waals surface area contributed by atoms with E-state index in [9.17, 15) is 8.78 Å². The molecule has 0 fully saturated rings. The van der Waals surface area contributed by atoms with Crippen LogP contribution >= 0.6 is 0 Å². The van der Waals surface area contributed by atoms with Crippen LogP contribution in [0.3, 0.4) is 0 Å². The third-order valence-electron chi connectivity index (χ3n) is 2.44. The predicted molar refractivity (Wildman–Crippen MR) is 60.7 cm³/mol. The van der Waals surface area contributed by atoms with Crippen LogP contribution in [0.4, 0.5) is 8.78 Å². The number of hydrogen-bond donors (Lipinski definition) is 1. The Labute approximate surface area is 98.3 Å². The number of alkyl halides is 2. The van der Waals surface area contributed by atoms with E-state index < -0.39 is 6.43 Å². The number of benzene rings is 1. The lowest BCUT2D eigenvalue weighted by atomic mass is 10.1. The van der Waals surface area contributed by atoms with Gasteiger partial charge in [0.05, 0.1) is 12.8 Å². The number of rotatable bonds is 5. The first-order valence-corrected chi connectivity index (χ1v) is 5.36. The molecule has 0 aliphatic rings. The van der Waals surface area contributed by atoms with E-state index >= 15 is 0 Å². The highest BCUT2D eigenvalue weighted by atomic mass is 19.3. The third kappa shape index (κ3) is 3.39. The second-order valence-electron chi connectivity index (χ2n) is 3.73. The van der Waals surface area contributed by atoms with Crippen molar-refractivity contribution in [1.82, 2.24) is 5.32 Å². The van der Waals surface area contributed by atoms with Crippen molar-refractivity contribution < 1.29 is 13.2 Å². The Morgan fingerprint density at radius 2 is 1.82 bits per heavy atom. The fourth-order valence-electron chi connectivity index (χ4n) is 1.52. The van der Waals surface area contributed by atoms with Crippen molar-refractivity contribution in [3.8, 4) is 0 Å². The largest absolute Gasteiger partial charge is 0.468 e. The molecule has 0 spiro atoms. The van der Waals surface area contributed by atoms with E-state index in [1.807, 2.05) is 12.1 Å². The molecule has 17 heavy (non-hydrogen) atoms. The molecule has 1 N–H and O–H groups in total. The summed E-state index contributed by atoms with van der Waals surface area (Å²) in [5.41, 5.74) is 1.03. The second-order valence-corrected chi connectivity index (χ2v) is 3.73. The number of hydrogen-bond acceptors (Lipinski definition) is 2. The van der Waals surface area contributed by atoms with Crippen LogP contribution in [-0.2, 0) is 13.1 Å². The highest BCUT2D eigenvalue weighted by Crippen LogP contribution is 2.18. The minimum atomic E-state index is -2.40. The van der Waals surface area contributed by atoms with Gasteiger partial charge in [-0.2, -0.15) is 0 Å². The standard InChI is InChI=1S/C13H13F2NO/c14-13(15)11-5-3-10(4-6-11)8-16-9-12-2-1-7-17-12/h1-7,13,16H,8-9H2. The molecular formula is C13H13F2NO. The minimum Gasteiger partial charge on any atom is -0.468 e. The Kier molecular flexibility index (Phi) is 3.88. The first kappa shape index (κ1) is 11.8. The maximum absolute atomic E-state index is 12.3. The molecule has 90 valence electrons. The quantitative estimate of drug-likeness (QED) is 0.860. The van der Waals surface area contributed by atoms with Gasteiger partial charge in [0.2, 0.25) is 0 Å². The zero-order valence-electron chi connectivity index (χ0n) is 9.20. The van der Waals surface area contributed by atoms with Crippen molar-refractivity contribution in [2.24, 2.45) is 0 Å². The van der Waals surface area contributed by atoms with Gasteiger partial charge >= 0.3 is 0 Å². The molecule has 2 rings (SSSR count). The van der Waals surface area contributed by atoms with Crippen LogP contribution in [0.1, 0.15) is 23.3 Å². The number of nitrogens with one attached hydrogen (secondary N) is 1. The summed E-state index contributed by atoms with van der Waals surface area (Å²) >= 11 is 0. The molecule has 0 aliphatic heterocycles. The minimum absolute atomic E-state index is 0.0554. The first-order valence-electron chi connectivity index (χ1n) is 5.36. The van der Waals surface area contributed by atoms with Crippen LogP contribution in [0.25, 0.3) is 0 Å². The van der Waals surface area contributed by atoms with Crippen LogP contribution < -0.4 is 5.32 Å². The lowest BCUT2D eigenvalue weighted by molar-refractivity contribution is 0.151. The normalized spacial score (nSPS) is 11.0. The summed E-state index contributed by atoms with van der Waals surface area (Å²) in [5, 5.41) is 3.17. The van der Waals surface area contributed by atoms with E-state index in [0.29, 0.717) is 13.1 Å². The zero-order valence-corrected chi connectivity index (χ0v) is 9.20. The Balaban J connectivity index is 1.83. The average Bonchev–Trinajstić information content (AvgIpc) is 2.83. The molecular weight excluding hydrogens is 224 g/mol. The molecule has 2 aromatic rings. The van der Waals surface area contributed by atoms with Gasteiger partial charge in [-0.05, 0) is 17.7 Å². The van der Waals surface area contributed by atoms with Gasteiger partial charge in [-0.3, -0.25) is 0 Å². The van der Waals surface area contributed by atoms with E-state index in [1.165, 1.54) is 12.1 Å². The highest BCUT2D eigenvalue weighted by molar-refractivity contribution is 5.23. The van der Waals surface area contributed by atoms with Crippen molar-refractivity contribution in [2.75, 3.05) is 0 Å². The molecule has 0 saturated heterocycles. The van der Waals surface area contributed by atoms with Gasteiger partial charge in [0.25, 0.3) is 6.43 Å². The molecule has 2 nitrogen and oxygen atoms in total. The van der Waals surface area contributed by atoms with Crippen LogP contribution in [0.5, 0.6) is 0 Å². The fraction of sp³-hybridized carbons (Fsp3) is 0.231. The fourth-order valence-corrected chi connectivity index (χ4v) is 1.52. The van der Waals surface area contributed by atoms with Crippen LogP contribution in [0.2, 0.25) is 0 Å². The molecule has 0 bridgehead atoms. The first-order chi connectivity index (χ1) is 8.25. The lowest BCUT2D eigenvalue weighted by Gasteiger charge is -2.04. The van der Waals surface area contributed by atoms with Gasteiger partial charge in [-0.25, -0.2) is 8.78 Å². The number of furan rings is 1. The average molecular weight is 237 g/mol. The van der Waals surface area contributed by atoms with E-state index in [4.69, 9.17) is 4.42 Å². The number of halogens is 2. The lowest BCUT2D eigenvalue weighted by Crippen LogP contribution is -2.12. The molecule has 1 aromatic carbocycles. The molecule has 1 aromatic heterocycles. The maximum Gasteiger partial charge on any atom is 0.263 e. The Bertz CT molecular complexity index is 437. The molecule has 0 saturated carbocycles. The predicted octanol–water partition coefficient (Wildman–Crippen LogP) is 3.51. The zero-order chi connectivity index (χ0) is 12.1. The van der Waals surface area contributed by atoms with E-state index in [1.54, 1.807) is 18.4 Å².